The van der Waals surface area contributed by atoms with Crippen molar-refractivity contribution >= 4 is 12.2 Å². The third-order valence-electron chi connectivity index (χ3n) is 2.59. The molecule has 98 valence electrons. The summed E-state index contributed by atoms with van der Waals surface area (Å²) in [6.45, 7) is 0. The minimum Gasteiger partial charge on any atom is -0.494 e. The van der Waals surface area contributed by atoms with Crippen LogP contribution in [0.2, 0.25) is 0 Å². The zero-order chi connectivity index (χ0) is 13.8. The standard InChI is InChI=1S/C15H11F3O/c1-19-15-7-5-11(9-14(15)18)3-2-10-4-6-12(16)13(17)8-10/h2-9H,1H3/b3-2+. The molecule has 0 fully saturated rings. The molecule has 2 aromatic carbocycles. The highest BCUT2D eigenvalue weighted by atomic mass is 19.2. The van der Waals surface area contributed by atoms with Crippen molar-refractivity contribution in [2.45, 2.75) is 0 Å². The van der Waals surface area contributed by atoms with Crippen molar-refractivity contribution in [2.75, 3.05) is 7.11 Å². The molecular formula is C15H11F3O. The molecule has 0 radical (unpaired) electrons. The fraction of sp³-hybridized carbons (Fsp3) is 0.0667. The van der Waals surface area contributed by atoms with Gasteiger partial charge < -0.3 is 4.74 Å². The van der Waals surface area contributed by atoms with Crippen LogP contribution >= 0.6 is 0 Å². The van der Waals surface area contributed by atoms with E-state index in [9.17, 15) is 13.2 Å². The lowest BCUT2D eigenvalue weighted by Crippen LogP contribution is -1.88. The molecule has 0 heterocycles. The van der Waals surface area contributed by atoms with Crippen LogP contribution in [0.15, 0.2) is 36.4 Å². The molecule has 1 nitrogen and oxygen atoms in total. The molecule has 0 unspecified atom stereocenters. The van der Waals surface area contributed by atoms with Crippen LogP contribution in [0.1, 0.15) is 11.1 Å². The van der Waals surface area contributed by atoms with E-state index in [-0.39, 0.29) is 5.75 Å². The van der Waals surface area contributed by atoms with E-state index in [0.29, 0.717) is 11.1 Å². The number of methoxy groups -OCH3 is 1. The summed E-state index contributed by atoms with van der Waals surface area (Å²) in [6, 6.07) is 8.03. The Kier molecular flexibility index (Phi) is 3.90. The van der Waals surface area contributed by atoms with Gasteiger partial charge in [0.2, 0.25) is 0 Å². The molecule has 0 saturated heterocycles. The second-order valence-corrected chi connectivity index (χ2v) is 3.90. The molecule has 2 rings (SSSR count). The highest BCUT2D eigenvalue weighted by Gasteiger charge is 2.02. The highest BCUT2D eigenvalue weighted by molar-refractivity contribution is 5.69. The van der Waals surface area contributed by atoms with Crippen molar-refractivity contribution in [3.8, 4) is 5.75 Å². The maximum Gasteiger partial charge on any atom is 0.165 e. The number of ether oxygens (including phenoxy) is 1. The van der Waals surface area contributed by atoms with Gasteiger partial charge in [-0.2, -0.15) is 0 Å². The largest absolute Gasteiger partial charge is 0.494 e. The van der Waals surface area contributed by atoms with Crippen LogP contribution in [0, 0.1) is 17.5 Å². The van der Waals surface area contributed by atoms with Gasteiger partial charge in [-0.1, -0.05) is 24.3 Å². The molecule has 0 aliphatic heterocycles. The van der Waals surface area contributed by atoms with Gasteiger partial charge >= 0.3 is 0 Å². The Bertz CT molecular complexity index is 621. The maximum atomic E-state index is 13.4. The van der Waals surface area contributed by atoms with Crippen molar-refractivity contribution in [2.24, 2.45) is 0 Å². The van der Waals surface area contributed by atoms with Gasteiger partial charge in [-0.3, -0.25) is 0 Å². The van der Waals surface area contributed by atoms with Gasteiger partial charge in [0.05, 0.1) is 7.11 Å². The molecule has 0 aliphatic rings. The summed E-state index contributed by atoms with van der Waals surface area (Å²) in [6.07, 6.45) is 3.18. The summed E-state index contributed by atoms with van der Waals surface area (Å²) in [5.74, 6) is -2.13. The second-order valence-electron chi connectivity index (χ2n) is 3.90. The molecule has 0 bridgehead atoms. The average molecular weight is 264 g/mol. The Morgan fingerprint density at radius 3 is 1.89 bits per heavy atom. The van der Waals surface area contributed by atoms with Crippen molar-refractivity contribution in [1.82, 2.24) is 0 Å². The molecule has 0 aliphatic carbocycles. The van der Waals surface area contributed by atoms with Gasteiger partial charge in [-0.25, -0.2) is 13.2 Å². The predicted molar refractivity (Wildman–Crippen MR) is 68.2 cm³/mol. The number of rotatable bonds is 3. The predicted octanol–water partition coefficient (Wildman–Crippen LogP) is 4.28. The first-order valence-corrected chi connectivity index (χ1v) is 5.57. The van der Waals surface area contributed by atoms with E-state index < -0.39 is 17.5 Å². The van der Waals surface area contributed by atoms with E-state index >= 15 is 0 Å². The Morgan fingerprint density at radius 1 is 0.789 bits per heavy atom. The lowest BCUT2D eigenvalue weighted by atomic mass is 10.1. The Morgan fingerprint density at radius 2 is 1.37 bits per heavy atom. The van der Waals surface area contributed by atoms with Crippen LogP contribution in [0.25, 0.3) is 12.2 Å². The zero-order valence-corrected chi connectivity index (χ0v) is 10.2. The van der Waals surface area contributed by atoms with E-state index in [2.05, 4.69) is 0 Å². The van der Waals surface area contributed by atoms with E-state index in [1.165, 1.54) is 25.3 Å². The minimum absolute atomic E-state index is 0.157. The summed E-state index contributed by atoms with van der Waals surface area (Å²) in [5, 5.41) is 0. The van der Waals surface area contributed by atoms with Gasteiger partial charge in [0.15, 0.2) is 23.2 Å². The Hall–Kier alpha value is -2.23. The topological polar surface area (TPSA) is 9.23 Å². The van der Waals surface area contributed by atoms with Crippen LogP contribution in [-0.2, 0) is 0 Å². The lowest BCUT2D eigenvalue weighted by Gasteiger charge is -2.02. The van der Waals surface area contributed by atoms with Crippen molar-refractivity contribution in [1.29, 1.82) is 0 Å². The monoisotopic (exact) mass is 264 g/mol. The van der Waals surface area contributed by atoms with Crippen LogP contribution in [0.5, 0.6) is 5.75 Å². The van der Waals surface area contributed by atoms with Gasteiger partial charge in [0.25, 0.3) is 0 Å². The fourth-order valence-corrected chi connectivity index (χ4v) is 1.59. The molecule has 0 amide bonds. The molecule has 19 heavy (non-hydrogen) atoms. The SMILES string of the molecule is COc1ccc(/C=C/c2ccc(F)c(F)c2)cc1F. The highest BCUT2D eigenvalue weighted by Crippen LogP contribution is 2.19. The third-order valence-corrected chi connectivity index (χ3v) is 2.59. The lowest BCUT2D eigenvalue weighted by molar-refractivity contribution is 0.386. The summed E-state index contributed by atoms with van der Waals surface area (Å²) >= 11 is 0. The van der Waals surface area contributed by atoms with Gasteiger partial charge in [-0.05, 0) is 35.4 Å². The molecule has 0 saturated carbocycles. The van der Waals surface area contributed by atoms with Gasteiger partial charge in [0, 0.05) is 0 Å². The summed E-state index contributed by atoms with van der Waals surface area (Å²) < 4.78 is 43.9. The molecule has 0 aromatic heterocycles. The van der Waals surface area contributed by atoms with Crippen LogP contribution < -0.4 is 4.74 Å². The number of hydrogen-bond acceptors (Lipinski definition) is 1. The number of halogens is 3. The first-order chi connectivity index (χ1) is 9.10. The molecule has 0 N–H and O–H groups in total. The maximum absolute atomic E-state index is 13.4. The molecule has 0 atom stereocenters. The molecular weight excluding hydrogens is 253 g/mol. The van der Waals surface area contributed by atoms with E-state index in [4.69, 9.17) is 4.74 Å². The molecule has 2 aromatic rings. The van der Waals surface area contributed by atoms with Crippen LogP contribution in [0.4, 0.5) is 13.2 Å². The van der Waals surface area contributed by atoms with Crippen molar-refractivity contribution in [3.63, 3.8) is 0 Å². The first-order valence-electron chi connectivity index (χ1n) is 5.57. The normalized spacial score (nSPS) is 10.9. The molecule has 0 spiro atoms. The first kappa shape index (κ1) is 13.2. The minimum atomic E-state index is -0.914. The number of hydrogen-bond donors (Lipinski definition) is 0. The zero-order valence-electron chi connectivity index (χ0n) is 10.2. The molecule has 4 heteroatoms. The van der Waals surface area contributed by atoms with E-state index in [0.717, 1.165) is 12.1 Å². The summed E-state index contributed by atoms with van der Waals surface area (Å²) in [4.78, 5) is 0. The van der Waals surface area contributed by atoms with Crippen molar-refractivity contribution < 1.29 is 17.9 Å². The van der Waals surface area contributed by atoms with E-state index in [1.54, 1.807) is 18.2 Å². The van der Waals surface area contributed by atoms with E-state index in [1.807, 2.05) is 0 Å². The quantitative estimate of drug-likeness (QED) is 0.752. The fourth-order valence-electron chi connectivity index (χ4n) is 1.59. The van der Waals surface area contributed by atoms with Crippen molar-refractivity contribution in [3.05, 3.63) is 65.0 Å². The number of benzene rings is 2. The Balaban J connectivity index is 2.22. The Labute approximate surface area is 109 Å². The average Bonchev–Trinajstić information content (AvgIpc) is 2.40. The van der Waals surface area contributed by atoms with Crippen LogP contribution in [0.3, 0.4) is 0 Å². The van der Waals surface area contributed by atoms with Crippen LogP contribution in [-0.4, -0.2) is 7.11 Å². The smallest absolute Gasteiger partial charge is 0.165 e. The summed E-state index contributed by atoms with van der Waals surface area (Å²) in [7, 11) is 1.38. The van der Waals surface area contributed by atoms with Gasteiger partial charge in [-0.15, -0.1) is 0 Å². The summed E-state index contributed by atoms with van der Waals surface area (Å²) in [5.41, 5.74) is 1.10. The third kappa shape index (κ3) is 3.16. The van der Waals surface area contributed by atoms with Gasteiger partial charge in [0.1, 0.15) is 0 Å². The second kappa shape index (κ2) is 5.61.